The van der Waals surface area contributed by atoms with Crippen LogP contribution in [0.3, 0.4) is 0 Å². The minimum atomic E-state index is 0.171. The molecule has 0 spiro atoms. The van der Waals surface area contributed by atoms with Crippen molar-refractivity contribution in [3.63, 3.8) is 0 Å². The average molecular weight is 219 g/mol. The summed E-state index contributed by atoms with van der Waals surface area (Å²) in [6.07, 6.45) is 3.96. The van der Waals surface area contributed by atoms with Crippen molar-refractivity contribution >= 4 is 0 Å². The van der Waals surface area contributed by atoms with Gasteiger partial charge in [-0.1, -0.05) is 30.7 Å². The SMILES string of the molecule is COC(C)c1ccc(C2(CN)CCC2)cc1. The first-order valence-electron chi connectivity index (χ1n) is 6.05. The minimum Gasteiger partial charge on any atom is -0.377 e. The Kier molecular flexibility index (Phi) is 3.31. The average Bonchev–Trinajstić information content (AvgIpc) is 2.28. The number of rotatable bonds is 4. The lowest BCUT2D eigenvalue weighted by Crippen LogP contribution is -2.41. The van der Waals surface area contributed by atoms with E-state index in [-0.39, 0.29) is 11.5 Å². The maximum absolute atomic E-state index is 5.90. The van der Waals surface area contributed by atoms with Crippen molar-refractivity contribution in [2.24, 2.45) is 5.73 Å². The van der Waals surface area contributed by atoms with Gasteiger partial charge in [-0.3, -0.25) is 0 Å². The van der Waals surface area contributed by atoms with Gasteiger partial charge in [0.05, 0.1) is 6.10 Å². The number of benzene rings is 1. The van der Waals surface area contributed by atoms with Crippen molar-refractivity contribution in [1.82, 2.24) is 0 Å². The molecule has 2 rings (SSSR count). The molecule has 88 valence electrons. The number of hydrogen-bond acceptors (Lipinski definition) is 2. The molecule has 0 amide bonds. The zero-order valence-corrected chi connectivity index (χ0v) is 10.2. The lowest BCUT2D eigenvalue weighted by molar-refractivity contribution is 0.119. The van der Waals surface area contributed by atoms with E-state index in [0.29, 0.717) is 0 Å². The van der Waals surface area contributed by atoms with Gasteiger partial charge in [0.15, 0.2) is 0 Å². The van der Waals surface area contributed by atoms with Crippen LogP contribution in [0.5, 0.6) is 0 Å². The molecule has 0 bridgehead atoms. The summed E-state index contributed by atoms with van der Waals surface area (Å²) in [6.45, 7) is 2.84. The van der Waals surface area contributed by atoms with E-state index in [1.807, 2.05) is 0 Å². The van der Waals surface area contributed by atoms with E-state index >= 15 is 0 Å². The first kappa shape index (κ1) is 11.6. The monoisotopic (exact) mass is 219 g/mol. The summed E-state index contributed by atoms with van der Waals surface area (Å²) in [7, 11) is 1.74. The molecule has 1 aromatic carbocycles. The maximum atomic E-state index is 5.90. The highest BCUT2D eigenvalue weighted by molar-refractivity contribution is 5.32. The Labute approximate surface area is 97.8 Å². The third-order valence-corrected chi connectivity index (χ3v) is 4.05. The van der Waals surface area contributed by atoms with Crippen LogP contribution in [0, 0.1) is 0 Å². The fourth-order valence-electron chi connectivity index (χ4n) is 2.46. The molecule has 0 saturated heterocycles. The van der Waals surface area contributed by atoms with Gasteiger partial charge >= 0.3 is 0 Å². The number of ether oxygens (including phenoxy) is 1. The fourth-order valence-corrected chi connectivity index (χ4v) is 2.46. The highest BCUT2D eigenvalue weighted by atomic mass is 16.5. The van der Waals surface area contributed by atoms with Gasteiger partial charge < -0.3 is 10.5 Å². The summed E-state index contributed by atoms with van der Waals surface area (Å²) < 4.78 is 5.30. The van der Waals surface area contributed by atoms with E-state index in [9.17, 15) is 0 Å². The van der Waals surface area contributed by atoms with Crippen LogP contribution in [0.4, 0.5) is 0 Å². The normalized spacial score (nSPS) is 20.2. The molecule has 2 nitrogen and oxygen atoms in total. The topological polar surface area (TPSA) is 35.2 Å². The largest absolute Gasteiger partial charge is 0.377 e. The Hall–Kier alpha value is -0.860. The van der Waals surface area contributed by atoms with Gasteiger partial charge in [-0.15, -0.1) is 0 Å². The molecule has 2 heteroatoms. The quantitative estimate of drug-likeness (QED) is 0.845. The lowest BCUT2D eigenvalue weighted by atomic mass is 9.64. The zero-order valence-electron chi connectivity index (χ0n) is 10.2. The van der Waals surface area contributed by atoms with E-state index in [1.54, 1.807) is 7.11 Å². The van der Waals surface area contributed by atoms with Gasteiger partial charge in [0.25, 0.3) is 0 Å². The van der Waals surface area contributed by atoms with Crippen LogP contribution >= 0.6 is 0 Å². The van der Waals surface area contributed by atoms with E-state index in [2.05, 4.69) is 31.2 Å². The molecule has 0 aromatic heterocycles. The second kappa shape index (κ2) is 4.56. The summed E-state index contributed by atoms with van der Waals surface area (Å²) in [4.78, 5) is 0. The van der Waals surface area contributed by atoms with Crippen LogP contribution in [0.25, 0.3) is 0 Å². The van der Waals surface area contributed by atoms with E-state index in [1.165, 1.54) is 30.4 Å². The summed E-state index contributed by atoms with van der Waals surface area (Å²) >= 11 is 0. The van der Waals surface area contributed by atoms with Crippen LogP contribution in [0.15, 0.2) is 24.3 Å². The zero-order chi connectivity index (χ0) is 11.6. The Balaban J connectivity index is 2.18. The van der Waals surface area contributed by atoms with Crippen molar-refractivity contribution in [2.45, 2.75) is 37.7 Å². The molecule has 1 unspecified atom stereocenters. The van der Waals surface area contributed by atoms with Crippen LogP contribution in [-0.2, 0) is 10.2 Å². The summed E-state index contributed by atoms with van der Waals surface area (Å²) in [6, 6.07) is 8.77. The molecule has 1 aliphatic rings. The first-order valence-corrected chi connectivity index (χ1v) is 6.05. The number of hydrogen-bond donors (Lipinski definition) is 1. The first-order chi connectivity index (χ1) is 7.72. The summed E-state index contributed by atoms with van der Waals surface area (Å²) in [5.74, 6) is 0. The van der Waals surface area contributed by atoms with Crippen LogP contribution < -0.4 is 5.73 Å². The third kappa shape index (κ3) is 1.87. The lowest BCUT2D eigenvalue weighted by Gasteiger charge is -2.41. The number of nitrogens with two attached hydrogens (primary N) is 1. The second-order valence-electron chi connectivity index (χ2n) is 4.84. The molecule has 1 aliphatic carbocycles. The molecule has 1 saturated carbocycles. The van der Waals surface area contributed by atoms with Crippen molar-refractivity contribution in [3.05, 3.63) is 35.4 Å². The Morgan fingerprint density at radius 2 is 1.94 bits per heavy atom. The van der Waals surface area contributed by atoms with Crippen molar-refractivity contribution < 1.29 is 4.74 Å². The standard InChI is InChI=1S/C14H21NO/c1-11(16-2)12-4-6-13(7-5-12)14(10-15)8-3-9-14/h4-7,11H,3,8-10,15H2,1-2H3. The maximum Gasteiger partial charge on any atom is 0.0793 e. The van der Waals surface area contributed by atoms with Gasteiger partial charge in [0.1, 0.15) is 0 Å². The highest BCUT2D eigenvalue weighted by Gasteiger charge is 2.37. The third-order valence-electron chi connectivity index (χ3n) is 4.05. The van der Waals surface area contributed by atoms with E-state index in [4.69, 9.17) is 10.5 Å². The summed E-state index contributed by atoms with van der Waals surface area (Å²) in [5.41, 5.74) is 8.80. The summed E-state index contributed by atoms with van der Waals surface area (Å²) in [5, 5.41) is 0. The molecular formula is C14H21NO. The van der Waals surface area contributed by atoms with Gasteiger partial charge in [0, 0.05) is 19.1 Å². The molecule has 1 atom stereocenters. The van der Waals surface area contributed by atoms with Crippen LogP contribution in [0.2, 0.25) is 0 Å². The molecule has 0 heterocycles. The van der Waals surface area contributed by atoms with Gasteiger partial charge in [-0.2, -0.15) is 0 Å². The van der Waals surface area contributed by atoms with Gasteiger partial charge in [0.2, 0.25) is 0 Å². The van der Waals surface area contributed by atoms with Gasteiger partial charge in [-0.05, 0) is 30.9 Å². The molecule has 0 radical (unpaired) electrons. The molecule has 1 aromatic rings. The minimum absolute atomic E-state index is 0.171. The second-order valence-corrected chi connectivity index (χ2v) is 4.84. The van der Waals surface area contributed by atoms with E-state index < -0.39 is 0 Å². The molecule has 1 fully saturated rings. The Morgan fingerprint density at radius 3 is 2.31 bits per heavy atom. The van der Waals surface area contributed by atoms with Crippen LogP contribution in [0.1, 0.15) is 43.4 Å². The molecule has 16 heavy (non-hydrogen) atoms. The Morgan fingerprint density at radius 1 is 1.31 bits per heavy atom. The molecular weight excluding hydrogens is 198 g/mol. The van der Waals surface area contributed by atoms with Crippen molar-refractivity contribution in [3.8, 4) is 0 Å². The Bertz CT molecular complexity index is 335. The predicted octanol–water partition coefficient (Wildman–Crippen LogP) is 2.77. The van der Waals surface area contributed by atoms with Crippen molar-refractivity contribution in [1.29, 1.82) is 0 Å². The number of methoxy groups -OCH3 is 1. The van der Waals surface area contributed by atoms with Crippen molar-refractivity contribution in [2.75, 3.05) is 13.7 Å². The highest BCUT2D eigenvalue weighted by Crippen LogP contribution is 2.42. The predicted molar refractivity (Wildman–Crippen MR) is 66.4 cm³/mol. The van der Waals surface area contributed by atoms with Gasteiger partial charge in [-0.25, -0.2) is 0 Å². The molecule has 0 aliphatic heterocycles. The van der Waals surface area contributed by atoms with Crippen LogP contribution in [-0.4, -0.2) is 13.7 Å². The fraction of sp³-hybridized carbons (Fsp3) is 0.571. The smallest absolute Gasteiger partial charge is 0.0793 e. The van der Waals surface area contributed by atoms with E-state index in [0.717, 1.165) is 6.54 Å². The molecule has 2 N–H and O–H groups in total.